The summed E-state index contributed by atoms with van der Waals surface area (Å²) in [5, 5.41) is 8.96. The van der Waals surface area contributed by atoms with Gasteiger partial charge in [-0.3, -0.25) is 0 Å². The van der Waals surface area contributed by atoms with Crippen molar-refractivity contribution >= 4 is 5.52 Å². The van der Waals surface area contributed by atoms with E-state index < -0.39 is 0 Å². The van der Waals surface area contributed by atoms with Crippen LogP contribution in [0.25, 0.3) is 5.52 Å². The summed E-state index contributed by atoms with van der Waals surface area (Å²) in [6.45, 7) is 2.03. The predicted molar refractivity (Wildman–Crippen MR) is 58.6 cm³/mol. The topological polar surface area (TPSA) is 63.5 Å². The molecule has 2 rings (SSSR count). The van der Waals surface area contributed by atoms with E-state index in [-0.39, 0.29) is 12.6 Å². The zero-order chi connectivity index (χ0) is 10.8. The SMILES string of the molecule is CCc1ncc2cc(C(N)CO)ccn12. The number of imidazole rings is 1. The van der Waals surface area contributed by atoms with Gasteiger partial charge in [-0.05, 0) is 17.7 Å². The molecule has 0 radical (unpaired) electrons. The Kier molecular flexibility index (Phi) is 2.70. The maximum absolute atomic E-state index is 8.96. The van der Waals surface area contributed by atoms with Crippen LogP contribution in [-0.2, 0) is 6.42 Å². The minimum Gasteiger partial charge on any atom is -0.394 e. The molecule has 15 heavy (non-hydrogen) atoms. The second-order valence-corrected chi connectivity index (χ2v) is 3.57. The number of nitrogens with two attached hydrogens (primary N) is 1. The van der Waals surface area contributed by atoms with Crippen LogP contribution in [0.5, 0.6) is 0 Å². The molecule has 2 heterocycles. The molecule has 4 nitrogen and oxygen atoms in total. The van der Waals surface area contributed by atoms with Gasteiger partial charge in [0.15, 0.2) is 0 Å². The molecule has 0 aromatic carbocycles. The normalized spacial score (nSPS) is 13.3. The van der Waals surface area contributed by atoms with Crippen LogP contribution in [0.1, 0.15) is 24.4 Å². The predicted octanol–water partition coefficient (Wildman–Crippen LogP) is 0.889. The third-order valence-electron chi connectivity index (χ3n) is 2.57. The van der Waals surface area contributed by atoms with Crippen LogP contribution < -0.4 is 5.73 Å². The lowest BCUT2D eigenvalue weighted by molar-refractivity contribution is 0.268. The van der Waals surface area contributed by atoms with Crippen molar-refractivity contribution < 1.29 is 5.11 Å². The van der Waals surface area contributed by atoms with Crippen molar-refractivity contribution in [2.45, 2.75) is 19.4 Å². The van der Waals surface area contributed by atoms with Crippen LogP contribution in [0.3, 0.4) is 0 Å². The van der Waals surface area contributed by atoms with Crippen LogP contribution in [0, 0.1) is 0 Å². The van der Waals surface area contributed by atoms with Gasteiger partial charge < -0.3 is 15.2 Å². The van der Waals surface area contributed by atoms with E-state index in [0.29, 0.717) is 0 Å². The lowest BCUT2D eigenvalue weighted by Crippen LogP contribution is -2.14. The van der Waals surface area contributed by atoms with Crippen LogP contribution in [0.4, 0.5) is 0 Å². The monoisotopic (exact) mass is 205 g/mol. The highest BCUT2D eigenvalue weighted by Gasteiger charge is 2.06. The first-order chi connectivity index (χ1) is 7.26. The lowest BCUT2D eigenvalue weighted by Gasteiger charge is -2.08. The third-order valence-corrected chi connectivity index (χ3v) is 2.57. The number of rotatable bonds is 3. The summed E-state index contributed by atoms with van der Waals surface area (Å²) in [4.78, 5) is 4.30. The van der Waals surface area contributed by atoms with E-state index in [0.717, 1.165) is 23.3 Å². The van der Waals surface area contributed by atoms with Crippen molar-refractivity contribution in [3.05, 3.63) is 35.9 Å². The summed E-state index contributed by atoms with van der Waals surface area (Å²) in [5.74, 6) is 1.04. The summed E-state index contributed by atoms with van der Waals surface area (Å²) in [6.07, 6.45) is 4.68. The van der Waals surface area contributed by atoms with E-state index in [2.05, 4.69) is 11.9 Å². The fourth-order valence-electron chi connectivity index (χ4n) is 1.67. The van der Waals surface area contributed by atoms with E-state index in [9.17, 15) is 0 Å². The maximum atomic E-state index is 8.96. The summed E-state index contributed by atoms with van der Waals surface area (Å²) >= 11 is 0. The van der Waals surface area contributed by atoms with Crippen LogP contribution >= 0.6 is 0 Å². The second-order valence-electron chi connectivity index (χ2n) is 3.57. The van der Waals surface area contributed by atoms with Gasteiger partial charge in [0.1, 0.15) is 5.82 Å². The van der Waals surface area contributed by atoms with E-state index in [1.165, 1.54) is 0 Å². The van der Waals surface area contributed by atoms with Crippen molar-refractivity contribution in [3.63, 3.8) is 0 Å². The van der Waals surface area contributed by atoms with Crippen molar-refractivity contribution in [3.8, 4) is 0 Å². The fraction of sp³-hybridized carbons (Fsp3) is 0.364. The molecule has 0 bridgehead atoms. The van der Waals surface area contributed by atoms with Gasteiger partial charge >= 0.3 is 0 Å². The van der Waals surface area contributed by atoms with E-state index in [1.807, 2.05) is 28.9 Å². The van der Waals surface area contributed by atoms with Gasteiger partial charge in [0.25, 0.3) is 0 Å². The maximum Gasteiger partial charge on any atom is 0.112 e. The first kappa shape index (κ1) is 10.1. The van der Waals surface area contributed by atoms with Crippen molar-refractivity contribution in [2.75, 3.05) is 6.61 Å². The van der Waals surface area contributed by atoms with Gasteiger partial charge in [-0.1, -0.05) is 6.92 Å². The van der Waals surface area contributed by atoms with Gasteiger partial charge in [-0.25, -0.2) is 4.98 Å². The standard InChI is InChI=1S/C11H15N3O/c1-2-11-13-6-9-5-8(10(12)7-15)3-4-14(9)11/h3-6,10,15H,2,7,12H2,1H3. The smallest absolute Gasteiger partial charge is 0.112 e. The van der Waals surface area contributed by atoms with Gasteiger partial charge in [-0.2, -0.15) is 0 Å². The van der Waals surface area contributed by atoms with Crippen LogP contribution in [0.15, 0.2) is 24.5 Å². The van der Waals surface area contributed by atoms with Crippen LogP contribution in [0.2, 0.25) is 0 Å². The lowest BCUT2D eigenvalue weighted by atomic mass is 10.1. The van der Waals surface area contributed by atoms with Crippen molar-refractivity contribution in [1.29, 1.82) is 0 Å². The molecule has 0 aliphatic carbocycles. The first-order valence-electron chi connectivity index (χ1n) is 5.08. The molecule has 1 atom stereocenters. The molecule has 0 amide bonds. The van der Waals surface area contributed by atoms with E-state index in [4.69, 9.17) is 10.8 Å². The molecule has 80 valence electrons. The molecule has 2 aromatic rings. The van der Waals surface area contributed by atoms with Gasteiger partial charge in [0.05, 0.1) is 24.4 Å². The Morgan fingerprint density at radius 1 is 1.60 bits per heavy atom. The Morgan fingerprint density at radius 3 is 3.07 bits per heavy atom. The largest absolute Gasteiger partial charge is 0.394 e. The molecule has 1 unspecified atom stereocenters. The first-order valence-corrected chi connectivity index (χ1v) is 5.08. The zero-order valence-corrected chi connectivity index (χ0v) is 8.72. The molecule has 0 spiro atoms. The molecule has 0 aliphatic rings. The quantitative estimate of drug-likeness (QED) is 0.782. The summed E-state index contributed by atoms with van der Waals surface area (Å²) in [5.41, 5.74) is 7.70. The molecule has 0 aliphatic heterocycles. The van der Waals surface area contributed by atoms with Crippen LogP contribution in [-0.4, -0.2) is 21.1 Å². The summed E-state index contributed by atoms with van der Waals surface area (Å²) in [7, 11) is 0. The van der Waals surface area contributed by atoms with Gasteiger partial charge in [0, 0.05) is 12.6 Å². The molecule has 0 fully saturated rings. The Bertz CT molecular complexity index is 464. The Morgan fingerprint density at radius 2 is 2.40 bits per heavy atom. The number of nitrogens with zero attached hydrogens (tertiary/aromatic N) is 2. The molecule has 2 aromatic heterocycles. The third kappa shape index (κ3) is 1.73. The number of fused-ring (bicyclic) bond motifs is 1. The molecular weight excluding hydrogens is 190 g/mol. The fourth-order valence-corrected chi connectivity index (χ4v) is 1.67. The minimum atomic E-state index is -0.310. The van der Waals surface area contributed by atoms with Gasteiger partial charge in [-0.15, -0.1) is 0 Å². The summed E-state index contributed by atoms with van der Waals surface area (Å²) in [6, 6.07) is 3.58. The molecule has 0 saturated heterocycles. The average molecular weight is 205 g/mol. The number of hydrogen-bond acceptors (Lipinski definition) is 3. The zero-order valence-electron chi connectivity index (χ0n) is 8.72. The number of aliphatic hydroxyl groups is 1. The molecular formula is C11H15N3O. The van der Waals surface area contributed by atoms with Gasteiger partial charge in [0.2, 0.25) is 0 Å². The number of hydrogen-bond donors (Lipinski definition) is 2. The number of pyridine rings is 1. The van der Waals surface area contributed by atoms with Crippen molar-refractivity contribution in [2.24, 2.45) is 5.73 Å². The highest BCUT2D eigenvalue weighted by molar-refractivity contribution is 5.49. The number of aryl methyl sites for hydroxylation is 1. The van der Waals surface area contributed by atoms with Crippen molar-refractivity contribution in [1.82, 2.24) is 9.38 Å². The Hall–Kier alpha value is -1.39. The highest BCUT2D eigenvalue weighted by atomic mass is 16.3. The molecule has 3 N–H and O–H groups in total. The number of aliphatic hydroxyl groups excluding tert-OH is 1. The molecule has 4 heteroatoms. The number of aromatic nitrogens is 2. The molecule has 0 saturated carbocycles. The van der Waals surface area contributed by atoms with E-state index in [1.54, 1.807) is 0 Å². The average Bonchev–Trinajstić information content (AvgIpc) is 2.69. The second kappa shape index (κ2) is 4.00. The Balaban J connectivity index is 2.48. The Labute approximate surface area is 88.4 Å². The van der Waals surface area contributed by atoms with E-state index >= 15 is 0 Å². The highest BCUT2D eigenvalue weighted by Crippen LogP contribution is 2.14. The minimum absolute atomic E-state index is 0.0368. The summed E-state index contributed by atoms with van der Waals surface area (Å²) < 4.78 is 2.04.